The Balaban J connectivity index is 1.69. The second-order valence-corrected chi connectivity index (χ2v) is 4.59. The lowest BCUT2D eigenvalue weighted by atomic mass is 10.2. The van der Waals surface area contributed by atoms with Crippen LogP contribution in [0.2, 0.25) is 0 Å². The lowest BCUT2D eigenvalue weighted by Crippen LogP contribution is -2.00. The minimum Gasteiger partial charge on any atom is -0.376 e. The first-order valence-electron chi connectivity index (χ1n) is 6.33. The Morgan fingerprint density at radius 1 is 1.25 bits per heavy atom. The summed E-state index contributed by atoms with van der Waals surface area (Å²) in [6.45, 7) is 2.54. The maximum atomic E-state index is 5.21. The predicted molar refractivity (Wildman–Crippen MR) is 75.0 cm³/mol. The first kappa shape index (κ1) is 12.4. The van der Waals surface area contributed by atoms with Crippen molar-refractivity contribution in [2.75, 3.05) is 5.32 Å². The van der Waals surface area contributed by atoms with Gasteiger partial charge in [0.1, 0.15) is 0 Å². The molecule has 0 spiro atoms. The van der Waals surface area contributed by atoms with Crippen molar-refractivity contribution in [2.24, 2.45) is 7.05 Å². The van der Waals surface area contributed by atoms with Gasteiger partial charge in [-0.05, 0) is 19.1 Å². The van der Waals surface area contributed by atoms with Crippen molar-refractivity contribution in [2.45, 2.75) is 13.5 Å². The minimum absolute atomic E-state index is 0.487. The predicted octanol–water partition coefficient (Wildman–Crippen LogP) is 2.39. The summed E-state index contributed by atoms with van der Waals surface area (Å²) in [4.78, 5) is 8.51. The normalized spacial score (nSPS) is 10.7. The lowest BCUT2D eigenvalue weighted by molar-refractivity contribution is 0.383. The molecule has 3 aromatic rings. The molecule has 0 saturated heterocycles. The zero-order valence-corrected chi connectivity index (χ0v) is 11.4. The molecule has 0 aliphatic heterocycles. The van der Waals surface area contributed by atoms with Crippen LogP contribution in [0.1, 0.15) is 11.5 Å². The van der Waals surface area contributed by atoms with E-state index in [4.69, 9.17) is 4.52 Å². The zero-order chi connectivity index (χ0) is 13.9. The molecule has 1 N–H and O–H groups in total. The van der Waals surface area contributed by atoms with Crippen molar-refractivity contribution < 1.29 is 4.52 Å². The molecule has 0 atom stereocenters. The van der Waals surface area contributed by atoms with Crippen LogP contribution in [0.25, 0.3) is 11.6 Å². The third-order valence-corrected chi connectivity index (χ3v) is 2.98. The Morgan fingerprint density at radius 3 is 2.75 bits per heavy atom. The highest BCUT2D eigenvalue weighted by molar-refractivity contribution is 5.45. The molecule has 0 radical (unpaired) electrons. The number of nitrogens with one attached hydrogen (secondary N) is 1. The van der Waals surface area contributed by atoms with Gasteiger partial charge in [0.15, 0.2) is 5.82 Å². The quantitative estimate of drug-likeness (QED) is 0.787. The summed E-state index contributed by atoms with van der Waals surface area (Å²) in [5.74, 6) is 1.72. The maximum Gasteiger partial charge on any atom is 0.246 e. The summed E-state index contributed by atoms with van der Waals surface area (Å²) < 4.78 is 7.06. The fraction of sp³-hybridized carbons (Fsp3) is 0.214. The van der Waals surface area contributed by atoms with Gasteiger partial charge in [-0.1, -0.05) is 22.9 Å². The first-order chi connectivity index (χ1) is 9.72. The van der Waals surface area contributed by atoms with E-state index in [1.54, 1.807) is 6.20 Å². The zero-order valence-electron chi connectivity index (χ0n) is 11.4. The first-order valence-corrected chi connectivity index (χ1v) is 6.33. The molecule has 6 heteroatoms. The van der Waals surface area contributed by atoms with Crippen LogP contribution in [0.3, 0.4) is 0 Å². The highest BCUT2D eigenvalue weighted by Gasteiger charge is 2.11. The van der Waals surface area contributed by atoms with Gasteiger partial charge in [-0.2, -0.15) is 4.98 Å². The molecular formula is C14H15N5O. The van der Waals surface area contributed by atoms with Crippen molar-refractivity contribution >= 4 is 5.69 Å². The van der Waals surface area contributed by atoms with Gasteiger partial charge >= 0.3 is 0 Å². The van der Waals surface area contributed by atoms with E-state index in [1.807, 2.05) is 29.9 Å². The van der Waals surface area contributed by atoms with Crippen LogP contribution in [0.4, 0.5) is 5.69 Å². The SMILES string of the molecule is Cc1ccc(NCc2nc(-c3nccn3C)no2)cc1. The number of benzene rings is 1. The van der Waals surface area contributed by atoms with Crippen molar-refractivity contribution in [3.05, 3.63) is 48.1 Å². The number of hydrogen-bond acceptors (Lipinski definition) is 5. The van der Waals surface area contributed by atoms with Crippen LogP contribution >= 0.6 is 0 Å². The summed E-state index contributed by atoms with van der Waals surface area (Å²) in [5.41, 5.74) is 2.25. The summed E-state index contributed by atoms with van der Waals surface area (Å²) in [7, 11) is 1.89. The molecule has 102 valence electrons. The third kappa shape index (κ3) is 2.54. The minimum atomic E-state index is 0.487. The van der Waals surface area contributed by atoms with Crippen LogP contribution < -0.4 is 5.32 Å². The number of aryl methyl sites for hydroxylation is 2. The highest BCUT2D eigenvalue weighted by atomic mass is 16.5. The van der Waals surface area contributed by atoms with Crippen LogP contribution in [0.15, 0.2) is 41.2 Å². The average molecular weight is 269 g/mol. The van der Waals surface area contributed by atoms with Gasteiger partial charge in [-0.25, -0.2) is 4.98 Å². The van der Waals surface area contributed by atoms with E-state index in [0.717, 1.165) is 5.69 Å². The van der Waals surface area contributed by atoms with Gasteiger partial charge < -0.3 is 14.4 Å². The second-order valence-electron chi connectivity index (χ2n) is 4.59. The smallest absolute Gasteiger partial charge is 0.246 e. The molecule has 1 aromatic carbocycles. The van der Waals surface area contributed by atoms with Gasteiger partial charge in [0.2, 0.25) is 11.7 Å². The van der Waals surface area contributed by atoms with E-state index >= 15 is 0 Å². The summed E-state index contributed by atoms with van der Waals surface area (Å²) in [6.07, 6.45) is 3.55. The monoisotopic (exact) mass is 269 g/mol. The van der Waals surface area contributed by atoms with Crippen molar-refractivity contribution in [1.29, 1.82) is 0 Å². The molecule has 0 amide bonds. The van der Waals surface area contributed by atoms with Crippen LogP contribution in [0, 0.1) is 6.92 Å². The standard InChI is InChI=1S/C14H15N5O/c1-10-3-5-11(6-4-10)16-9-12-17-13(18-20-12)14-15-7-8-19(14)2/h3-8,16H,9H2,1-2H3. The fourth-order valence-electron chi connectivity index (χ4n) is 1.85. The molecule has 0 saturated carbocycles. The van der Waals surface area contributed by atoms with E-state index < -0.39 is 0 Å². The van der Waals surface area contributed by atoms with E-state index in [1.165, 1.54) is 5.56 Å². The maximum absolute atomic E-state index is 5.21. The van der Waals surface area contributed by atoms with E-state index in [2.05, 4.69) is 39.5 Å². The van der Waals surface area contributed by atoms with E-state index in [-0.39, 0.29) is 0 Å². The molecule has 0 fully saturated rings. The van der Waals surface area contributed by atoms with Gasteiger partial charge in [-0.15, -0.1) is 0 Å². The number of hydrogen-bond donors (Lipinski definition) is 1. The molecule has 0 unspecified atom stereocenters. The Kier molecular flexibility index (Phi) is 3.20. The van der Waals surface area contributed by atoms with Crippen molar-refractivity contribution in [3.8, 4) is 11.6 Å². The molecule has 0 bridgehead atoms. The topological polar surface area (TPSA) is 68.8 Å². The number of imidazole rings is 1. The van der Waals surface area contributed by atoms with Crippen LogP contribution in [0.5, 0.6) is 0 Å². The van der Waals surface area contributed by atoms with Gasteiger partial charge in [0, 0.05) is 25.1 Å². The Morgan fingerprint density at radius 2 is 2.05 bits per heavy atom. The number of nitrogens with zero attached hydrogens (tertiary/aromatic N) is 4. The molecule has 3 rings (SSSR count). The number of aromatic nitrogens is 4. The Hall–Kier alpha value is -2.63. The fourth-order valence-corrected chi connectivity index (χ4v) is 1.85. The van der Waals surface area contributed by atoms with Crippen molar-refractivity contribution in [3.63, 3.8) is 0 Å². The molecule has 20 heavy (non-hydrogen) atoms. The van der Waals surface area contributed by atoms with E-state index in [0.29, 0.717) is 24.1 Å². The Bertz CT molecular complexity index is 698. The molecule has 0 aliphatic rings. The number of rotatable bonds is 4. The third-order valence-electron chi connectivity index (χ3n) is 2.98. The van der Waals surface area contributed by atoms with E-state index in [9.17, 15) is 0 Å². The summed E-state index contributed by atoms with van der Waals surface area (Å²) in [6, 6.07) is 8.14. The van der Waals surface area contributed by atoms with Gasteiger partial charge in [0.05, 0.1) is 6.54 Å². The molecule has 0 aliphatic carbocycles. The van der Waals surface area contributed by atoms with Gasteiger partial charge in [0.25, 0.3) is 0 Å². The summed E-state index contributed by atoms with van der Waals surface area (Å²) in [5, 5.41) is 7.17. The lowest BCUT2D eigenvalue weighted by Gasteiger charge is -2.02. The average Bonchev–Trinajstić information content (AvgIpc) is 3.06. The van der Waals surface area contributed by atoms with Crippen LogP contribution in [-0.2, 0) is 13.6 Å². The molecule has 2 aromatic heterocycles. The van der Waals surface area contributed by atoms with Gasteiger partial charge in [-0.3, -0.25) is 0 Å². The van der Waals surface area contributed by atoms with Crippen molar-refractivity contribution in [1.82, 2.24) is 19.7 Å². The number of anilines is 1. The molecular weight excluding hydrogens is 254 g/mol. The summed E-state index contributed by atoms with van der Waals surface area (Å²) >= 11 is 0. The molecule has 6 nitrogen and oxygen atoms in total. The Labute approximate surface area is 116 Å². The highest BCUT2D eigenvalue weighted by Crippen LogP contribution is 2.14. The largest absolute Gasteiger partial charge is 0.376 e. The second kappa shape index (κ2) is 5.16. The molecule has 2 heterocycles. The van der Waals surface area contributed by atoms with Crippen LogP contribution in [-0.4, -0.2) is 19.7 Å².